The van der Waals surface area contributed by atoms with Crippen LogP contribution in [-0.2, 0) is 13.5 Å². The zero-order chi connectivity index (χ0) is 22.2. The molecule has 0 N–H and O–H groups in total. The normalized spacial score (nSPS) is 16.0. The second-order valence-corrected chi connectivity index (χ2v) is 8.57. The van der Waals surface area contributed by atoms with Crippen LogP contribution in [0.15, 0.2) is 73.4 Å². The molecule has 4 aromatic heterocycles. The van der Waals surface area contributed by atoms with Crippen molar-refractivity contribution in [3.8, 4) is 11.3 Å². The van der Waals surface area contributed by atoms with E-state index in [2.05, 4.69) is 50.5 Å². The summed E-state index contributed by atoms with van der Waals surface area (Å²) in [4.78, 5) is 11.8. The Kier molecular flexibility index (Phi) is 4.83. The molecule has 0 radical (unpaired) electrons. The highest BCUT2D eigenvalue weighted by Gasteiger charge is 2.28. The van der Waals surface area contributed by atoms with Crippen molar-refractivity contribution < 1.29 is 0 Å². The molecule has 5 heterocycles. The Morgan fingerprint density at radius 2 is 1.76 bits per heavy atom. The molecule has 8 nitrogen and oxygen atoms in total. The van der Waals surface area contributed by atoms with Gasteiger partial charge in [0.1, 0.15) is 11.3 Å². The van der Waals surface area contributed by atoms with Gasteiger partial charge < -0.3 is 4.90 Å². The third-order valence-electron chi connectivity index (χ3n) is 6.24. The number of rotatable bonds is 5. The van der Waals surface area contributed by atoms with E-state index in [-0.39, 0.29) is 0 Å². The maximum absolute atomic E-state index is 4.70. The first-order valence-corrected chi connectivity index (χ1v) is 11.2. The second kappa shape index (κ2) is 8.12. The Labute approximate surface area is 191 Å². The van der Waals surface area contributed by atoms with Crippen LogP contribution in [0.25, 0.3) is 16.8 Å². The van der Waals surface area contributed by atoms with Gasteiger partial charge >= 0.3 is 0 Å². The van der Waals surface area contributed by atoms with Crippen LogP contribution in [-0.4, -0.2) is 47.7 Å². The molecule has 1 atom stereocenters. The molecule has 1 saturated heterocycles. The number of anilines is 1. The Hall–Kier alpha value is -4.07. The van der Waals surface area contributed by atoms with Gasteiger partial charge in [-0.05, 0) is 29.7 Å². The van der Waals surface area contributed by atoms with Crippen LogP contribution < -0.4 is 4.90 Å². The van der Waals surface area contributed by atoms with Crippen LogP contribution in [0.3, 0.4) is 0 Å². The summed E-state index contributed by atoms with van der Waals surface area (Å²) in [6, 6.07) is 14.5. The molecule has 164 valence electrons. The average Bonchev–Trinajstić information content (AvgIpc) is 3.59. The van der Waals surface area contributed by atoms with E-state index in [0.29, 0.717) is 5.92 Å². The van der Waals surface area contributed by atoms with Crippen molar-refractivity contribution in [1.29, 1.82) is 0 Å². The van der Waals surface area contributed by atoms with Crippen LogP contribution in [0.5, 0.6) is 0 Å². The number of aryl methyl sites for hydroxylation is 1. The minimum Gasteiger partial charge on any atom is -0.368 e. The van der Waals surface area contributed by atoms with Crippen LogP contribution in [0.1, 0.15) is 29.3 Å². The molecule has 6 rings (SSSR count). The highest BCUT2D eigenvalue weighted by atomic mass is 15.4. The van der Waals surface area contributed by atoms with Crippen molar-refractivity contribution in [3.05, 3.63) is 90.4 Å². The topological polar surface area (TPSA) is 77.0 Å². The molecule has 1 fully saturated rings. The molecule has 33 heavy (non-hydrogen) atoms. The molecular weight excluding hydrogens is 412 g/mol. The highest BCUT2D eigenvalue weighted by Crippen LogP contribution is 2.32. The lowest BCUT2D eigenvalue weighted by molar-refractivity contribution is 0.706. The van der Waals surface area contributed by atoms with Crippen LogP contribution >= 0.6 is 0 Å². The number of aromatic nitrogens is 7. The Morgan fingerprint density at radius 1 is 0.909 bits per heavy atom. The SMILES string of the molecule is Cn1cc(-c2ccc3c(N4CCC(c5ncc(Cc6ccccc6)cn5)C4)cnn3n2)cn1. The van der Waals surface area contributed by atoms with Crippen molar-refractivity contribution in [2.75, 3.05) is 18.0 Å². The van der Waals surface area contributed by atoms with Gasteiger partial charge in [-0.3, -0.25) is 4.68 Å². The standard InChI is InChI=1S/C25H24N8/c1-31-16-21(14-28-31)22-7-8-23-24(15-29-33(23)30-22)32-10-9-20(17-32)25-26-12-19(13-27-25)11-18-5-3-2-4-6-18/h2-8,12-16,20H,9-11,17H2,1H3. The molecule has 1 aliphatic heterocycles. The largest absolute Gasteiger partial charge is 0.368 e. The number of hydrogen-bond donors (Lipinski definition) is 0. The van der Waals surface area contributed by atoms with E-state index in [9.17, 15) is 0 Å². The summed E-state index contributed by atoms with van der Waals surface area (Å²) in [5, 5.41) is 13.4. The highest BCUT2D eigenvalue weighted by molar-refractivity contribution is 5.74. The fraction of sp³-hybridized carbons (Fsp3) is 0.240. The fourth-order valence-corrected chi connectivity index (χ4v) is 4.50. The Bertz CT molecular complexity index is 1390. The molecular formula is C25H24N8. The molecule has 5 aromatic rings. The lowest BCUT2D eigenvalue weighted by Gasteiger charge is -2.16. The van der Waals surface area contributed by atoms with E-state index in [1.54, 1.807) is 9.31 Å². The quantitative estimate of drug-likeness (QED) is 0.420. The van der Waals surface area contributed by atoms with Crippen molar-refractivity contribution in [3.63, 3.8) is 0 Å². The summed E-state index contributed by atoms with van der Waals surface area (Å²) in [7, 11) is 1.90. The van der Waals surface area contributed by atoms with Crippen molar-refractivity contribution in [1.82, 2.24) is 34.6 Å². The van der Waals surface area contributed by atoms with Gasteiger partial charge in [-0.1, -0.05) is 30.3 Å². The molecule has 0 bridgehead atoms. The van der Waals surface area contributed by atoms with Gasteiger partial charge in [0.25, 0.3) is 0 Å². The molecule has 1 aromatic carbocycles. The van der Waals surface area contributed by atoms with Crippen LogP contribution in [0.2, 0.25) is 0 Å². The smallest absolute Gasteiger partial charge is 0.133 e. The van der Waals surface area contributed by atoms with Gasteiger partial charge in [0.05, 0.1) is 23.8 Å². The average molecular weight is 437 g/mol. The van der Waals surface area contributed by atoms with Gasteiger partial charge in [-0.15, -0.1) is 9.73 Å². The lowest BCUT2D eigenvalue weighted by atomic mass is 10.1. The Morgan fingerprint density at radius 3 is 2.55 bits per heavy atom. The van der Waals surface area contributed by atoms with Gasteiger partial charge in [0.15, 0.2) is 0 Å². The van der Waals surface area contributed by atoms with Gasteiger partial charge in [-0.25, -0.2) is 9.97 Å². The van der Waals surface area contributed by atoms with E-state index in [4.69, 9.17) is 9.97 Å². The first kappa shape index (κ1) is 19.6. The van der Waals surface area contributed by atoms with Crippen LogP contribution in [0.4, 0.5) is 5.69 Å². The minimum atomic E-state index is 0.313. The van der Waals surface area contributed by atoms with E-state index < -0.39 is 0 Å². The van der Waals surface area contributed by atoms with Crippen LogP contribution in [0, 0.1) is 0 Å². The molecule has 0 spiro atoms. The second-order valence-electron chi connectivity index (χ2n) is 8.57. The predicted molar refractivity (Wildman–Crippen MR) is 126 cm³/mol. The number of benzene rings is 1. The monoisotopic (exact) mass is 436 g/mol. The molecule has 0 amide bonds. The number of nitrogens with zero attached hydrogens (tertiary/aromatic N) is 8. The predicted octanol–water partition coefficient (Wildman–Crippen LogP) is 3.50. The van der Waals surface area contributed by atoms with Gasteiger partial charge in [-0.2, -0.15) is 10.2 Å². The maximum Gasteiger partial charge on any atom is 0.133 e. The van der Waals surface area contributed by atoms with Crippen molar-refractivity contribution in [2.45, 2.75) is 18.8 Å². The third kappa shape index (κ3) is 3.84. The van der Waals surface area contributed by atoms with Gasteiger partial charge in [0, 0.05) is 56.6 Å². The summed E-state index contributed by atoms with van der Waals surface area (Å²) in [6.07, 6.45) is 11.5. The summed E-state index contributed by atoms with van der Waals surface area (Å²) in [6.45, 7) is 1.83. The summed E-state index contributed by atoms with van der Waals surface area (Å²) < 4.78 is 3.48. The van der Waals surface area contributed by atoms with E-state index in [1.165, 1.54) is 5.56 Å². The summed E-state index contributed by atoms with van der Waals surface area (Å²) >= 11 is 0. The Balaban J connectivity index is 1.17. The molecule has 1 unspecified atom stereocenters. The zero-order valence-electron chi connectivity index (χ0n) is 18.4. The van der Waals surface area contributed by atoms with Crippen molar-refractivity contribution in [2.24, 2.45) is 7.05 Å². The fourth-order valence-electron chi connectivity index (χ4n) is 4.50. The minimum absolute atomic E-state index is 0.313. The van der Waals surface area contributed by atoms with Crippen molar-refractivity contribution >= 4 is 11.2 Å². The molecule has 0 aliphatic carbocycles. The lowest BCUT2D eigenvalue weighted by Crippen LogP contribution is -2.19. The summed E-state index contributed by atoms with van der Waals surface area (Å²) in [5.74, 6) is 1.23. The number of fused-ring (bicyclic) bond motifs is 1. The zero-order valence-corrected chi connectivity index (χ0v) is 18.4. The first-order chi connectivity index (χ1) is 16.2. The van der Waals surface area contributed by atoms with E-state index in [0.717, 1.165) is 59.8 Å². The van der Waals surface area contributed by atoms with E-state index in [1.807, 2.05) is 50.2 Å². The molecule has 1 aliphatic rings. The maximum atomic E-state index is 4.70. The first-order valence-electron chi connectivity index (χ1n) is 11.2. The molecule has 0 saturated carbocycles. The van der Waals surface area contributed by atoms with E-state index >= 15 is 0 Å². The summed E-state index contributed by atoms with van der Waals surface area (Å²) in [5.41, 5.74) is 6.34. The van der Waals surface area contributed by atoms with Gasteiger partial charge in [0.2, 0.25) is 0 Å². The third-order valence-corrected chi connectivity index (χ3v) is 6.24. The number of hydrogen-bond acceptors (Lipinski definition) is 6. The molecule has 8 heteroatoms.